The number of halogens is 1. The fraction of sp³-hybridized carbons (Fsp3) is 0.278. The highest BCUT2D eigenvalue weighted by atomic mass is 19.1. The molecule has 1 aromatic carbocycles. The third-order valence-corrected chi connectivity index (χ3v) is 3.55. The Balaban J connectivity index is 1.71. The molecular formula is C18H19FN4O. The molecule has 0 atom stereocenters. The van der Waals surface area contributed by atoms with Gasteiger partial charge in [-0.15, -0.1) is 0 Å². The van der Waals surface area contributed by atoms with Crippen molar-refractivity contribution in [2.45, 2.75) is 20.3 Å². The zero-order chi connectivity index (χ0) is 16.9. The van der Waals surface area contributed by atoms with Crippen molar-refractivity contribution < 1.29 is 8.91 Å². The average molecular weight is 326 g/mol. The van der Waals surface area contributed by atoms with Crippen LogP contribution in [-0.2, 0) is 0 Å². The van der Waals surface area contributed by atoms with Crippen LogP contribution in [0.15, 0.2) is 47.1 Å². The molecule has 2 heterocycles. The molecule has 5 nitrogen and oxygen atoms in total. The molecule has 0 fully saturated rings. The minimum absolute atomic E-state index is 0.336. The van der Waals surface area contributed by atoms with Gasteiger partial charge in [-0.2, -0.15) is 4.98 Å². The van der Waals surface area contributed by atoms with Crippen molar-refractivity contribution in [2.75, 3.05) is 11.9 Å². The van der Waals surface area contributed by atoms with Crippen LogP contribution in [0.5, 0.6) is 0 Å². The quantitative estimate of drug-likeness (QED) is 0.727. The van der Waals surface area contributed by atoms with E-state index in [-0.39, 0.29) is 5.82 Å². The van der Waals surface area contributed by atoms with Crippen LogP contribution in [0.1, 0.15) is 20.3 Å². The maximum atomic E-state index is 13.3. The molecule has 2 aromatic heterocycles. The van der Waals surface area contributed by atoms with Gasteiger partial charge in [-0.05, 0) is 36.6 Å². The van der Waals surface area contributed by atoms with Gasteiger partial charge in [0.2, 0.25) is 5.82 Å². The molecule has 6 heteroatoms. The van der Waals surface area contributed by atoms with Gasteiger partial charge in [0.1, 0.15) is 11.6 Å². The van der Waals surface area contributed by atoms with E-state index in [1.807, 2.05) is 12.1 Å². The number of rotatable bonds is 6. The summed E-state index contributed by atoms with van der Waals surface area (Å²) in [5.41, 5.74) is 1.30. The van der Waals surface area contributed by atoms with E-state index in [9.17, 15) is 4.39 Å². The fourth-order valence-corrected chi connectivity index (χ4v) is 2.20. The second-order valence-electron chi connectivity index (χ2n) is 5.97. The summed E-state index contributed by atoms with van der Waals surface area (Å²) in [6.45, 7) is 5.25. The van der Waals surface area contributed by atoms with E-state index in [0.717, 1.165) is 24.3 Å². The second-order valence-corrected chi connectivity index (χ2v) is 5.97. The van der Waals surface area contributed by atoms with Crippen LogP contribution in [0.2, 0.25) is 0 Å². The molecule has 3 aromatic rings. The first-order valence-electron chi connectivity index (χ1n) is 7.92. The highest BCUT2D eigenvalue weighted by Crippen LogP contribution is 2.22. The number of hydrogen-bond acceptors (Lipinski definition) is 5. The maximum Gasteiger partial charge on any atom is 0.259 e. The maximum absolute atomic E-state index is 13.3. The van der Waals surface area contributed by atoms with Gasteiger partial charge in [0.25, 0.3) is 5.89 Å². The van der Waals surface area contributed by atoms with Gasteiger partial charge in [-0.1, -0.05) is 31.1 Å². The summed E-state index contributed by atoms with van der Waals surface area (Å²) in [7, 11) is 0. The lowest BCUT2D eigenvalue weighted by molar-refractivity contribution is 0.432. The van der Waals surface area contributed by atoms with Crippen molar-refractivity contribution in [3.63, 3.8) is 0 Å². The highest BCUT2D eigenvalue weighted by molar-refractivity contribution is 5.60. The smallest absolute Gasteiger partial charge is 0.259 e. The van der Waals surface area contributed by atoms with Crippen molar-refractivity contribution in [2.24, 2.45) is 5.92 Å². The predicted molar refractivity (Wildman–Crippen MR) is 90.9 cm³/mol. The Morgan fingerprint density at radius 3 is 2.75 bits per heavy atom. The molecule has 0 aliphatic heterocycles. The summed E-state index contributed by atoms with van der Waals surface area (Å²) in [6, 6.07) is 9.83. The Morgan fingerprint density at radius 1 is 1.17 bits per heavy atom. The predicted octanol–water partition coefficient (Wildman–Crippen LogP) is 4.40. The standard InChI is InChI=1S/C18H19FN4O/c1-12(2)8-9-20-16-7-6-14(11-21-16)18-22-17(23-24-18)13-4-3-5-15(19)10-13/h3-7,10-12H,8-9H2,1-2H3,(H,20,21). The fourth-order valence-electron chi connectivity index (χ4n) is 2.20. The molecule has 24 heavy (non-hydrogen) atoms. The Bertz CT molecular complexity index is 799. The lowest BCUT2D eigenvalue weighted by atomic mass is 10.1. The Morgan fingerprint density at radius 2 is 2.04 bits per heavy atom. The number of anilines is 1. The largest absolute Gasteiger partial charge is 0.370 e. The van der Waals surface area contributed by atoms with E-state index >= 15 is 0 Å². The average Bonchev–Trinajstić information content (AvgIpc) is 3.05. The normalized spacial score (nSPS) is 11.0. The van der Waals surface area contributed by atoms with Gasteiger partial charge in [0.05, 0.1) is 5.56 Å². The summed E-state index contributed by atoms with van der Waals surface area (Å²) in [4.78, 5) is 8.65. The summed E-state index contributed by atoms with van der Waals surface area (Å²) in [5.74, 6) is 1.83. The van der Waals surface area contributed by atoms with Crippen molar-refractivity contribution in [3.8, 4) is 22.8 Å². The van der Waals surface area contributed by atoms with Crippen molar-refractivity contribution in [1.29, 1.82) is 0 Å². The van der Waals surface area contributed by atoms with E-state index in [1.54, 1.807) is 18.3 Å². The van der Waals surface area contributed by atoms with Gasteiger partial charge in [0.15, 0.2) is 0 Å². The van der Waals surface area contributed by atoms with Gasteiger partial charge in [0, 0.05) is 18.3 Å². The molecule has 124 valence electrons. The summed E-state index contributed by atoms with van der Waals surface area (Å²) in [6.07, 6.45) is 2.77. The zero-order valence-electron chi connectivity index (χ0n) is 13.7. The molecule has 0 spiro atoms. The number of hydrogen-bond donors (Lipinski definition) is 1. The minimum atomic E-state index is -0.336. The van der Waals surface area contributed by atoms with Crippen molar-refractivity contribution >= 4 is 5.82 Å². The molecule has 0 amide bonds. The van der Waals surface area contributed by atoms with E-state index in [4.69, 9.17) is 4.52 Å². The van der Waals surface area contributed by atoms with Gasteiger partial charge in [-0.3, -0.25) is 0 Å². The van der Waals surface area contributed by atoms with Crippen molar-refractivity contribution in [3.05, 3.63) is 48.4 Å². The van der Waals surface area contributed by atoms with E-state index in [0.29, 0.717) is 23.2 Å². The van der Waals surface area contributed by atoms with E-state index in [2.05, 4.69) is 34.3 Å². The number of pyridine rings is 1. The third-order valence-electron chi connectivity index (χ3n) is 3.55. The van der Waals surface area contributed by atoms with E-state index < -0.39 is 0 Å². The summed E-state index contributed by atoms with van der Waals surface area (Å²) >= 11 is 0. The van der Waals surface area contributed by atoms with Crippen LogP contribution in [0, 0.1) is 11.7 Å². The second kappa shape index (κ2) is 7.21. The Kier molecular flexibility index (Phi) is 4.84. The molecule has 3 rings (SSSR count). The summed E-state index contributed by atoms with van der Waals surface area (Å²) < 4.78 is 18.5. The Hall–Kier alpha value is -2.76. The number of nitrogens with one attached hydrogen (secondary N) is 1. The van der Waals surface area contributed by atoms with Crippen LogP contribution >= 0.6 is 0 Å². The van der Waals surface area contributed by atoms with Gasteiger partial charge >= 0.3 is 0 Å². The van der Waals surface area contributed by atoms with Crippen LogP contribution in [0.4, 0.5) is 10.2 Å². The first-order chi connectivity index (χ1) is 11.6. The number of aromatic nitrogens is 3. The Labute approximate surface area is 139 Å². The lowest BCUT2D eigenvalue weighted by Crippen LogP contribution is -2.05. The van der Waals surface area contributed by atoms with Gasteiger partial charge < -0.3 is 9.84 Å². The molecule has 0 aliphatic carbocycles. The number of benzene rings is 1. The van der Waals surface area contributed by atoms with Crippen LogP contribution in [0.3, 0.4) is 0 Å². The van der Waals surface area contributed by atoms with Crippen LogP contribution < -0.4 is 5.32 Å². The zero-order valence-corrected chi connectivity index (χ0v) is 13.7. The molecule has 0 aliphatic rings. The molecule has 0 saturated heterocycles. The van der Waals surface area contributed by atoms with Gasteiger partial charge in [-0.25, -0.2) is 9.37 Å². The topological polar surface area (TPSA) is 63.8 Å². The lowest BCUT2D eigenvalue weighted by Gasteiger charge is -2.07. The van der Waals surface area contributed by atoms with Crippen molar-refractivity contribution in [1.82, 2.24) is 15.1 Å². The first kappa shape index (κ1) is 16.1. The molecule has 0 bridgehead atoms. The molecule has 0 unspecified atom stereocenters. The van der Waals surface area contributed by atoms with Crippen LogP contribution in [-0.4, -0.2) is 21.7 Å². The molecule has 0 saturated carbocycles. The third kappa shape index (κ3) is 3.95. The monoisotopic (exact) mass is 326 g/mol. The van der Waals surface area contributed by atoms with E-state index in [1.165, 1.54) is 12.1 Å². The number of nitrogens with zero attached hydrogens (tertiary/aromatic N) is 3. The highest BCUT2D eigenvalue weighted by Gasteiger charge is 2.11. The molecule has 0 radical (unpaired) electrons. The first-order valence-corrected chi connectivity index (χ1v) is 7.92. The SMILES string of the molecule is CC(C)CCNc1ccc(-c2nc(-c3cccc(F)c3)no2)cn1. The van der Waals surface area contributed by atoms with Crippen LogP contribution in [0.25, 0.3) is 22.8 Å². The minimum Gasteiger partial charge on any atom is -0.370 e. The molecule has 1 N–H and O–H groups in total. The summed E-state index contributed by atoms with van der Waals surface area (Å²) in [5, 5.41) is 7.17. The molecular weight excluding hydrogens is 307 g/mol.